The number of hydrogen-bond donors (Lipinski definition) is 1. The van der Waals surface area contributed by atoms with Gasteiger partial charge in [-0.05, 0) is 54.3 Å². The monoisotopic (exact) mass is 387 g/mol. The zero-order valence-corrected chi connectivity index (χ0v) is 16.5. The van der Waals surface area contributed by atoms with E-state index in [1.165, 1.54) is 0 Å². The van der Waals surface area contributed by atoms with E-state index in [2.05, 4.69) is 10.4 Å². The summed E-state index contributed by atoms with van der Waals surface area (Å²) in [7, 11) is -3.61. The molecule has 3 aromatic rings. The summed E-state index contributed by atoms with van der Waals surface area (Å²) in [5, 5.41) is 1.46. The Bertz CT molecular complexity index is 1070. The standard InChI is InChI=1S/C19H21N3O2S2/c1-13(2)26(23,24)22-18-11-15(9-10-17(18)21-19(22)20)16(12-25-3)14-7-5-4-6-8-14/h4-13H,1-3H3,(H2,20,21)/b16-12+. The highest BCUT2D eigenvalue weighted by atomic mass is 32.2. The number of nitrogens with zero attached hydrogens (tertiary/aromatic N) is 2. The number of hydrogen-bond acceptors (Lipinski definition) is 5. The van der Waals surface area contributed by atoms with Crippen LogP contribution >= 0.6 is 11.8 Å². The van der Waals surface area contributed by atoms with Crippen LogP contribution in [0.2, 0.25) is 0 Å². The molecule has 26 heavy (non-hydrogen) atoms. The minimum Gasteiger partial charge on any atom is -0.368 e. The fraction of sp³-hybridized carbons (Fsp3) is 0.211. The molecule has 1 heterocycles. The fourth-order valence-corrected chi connectivity index (χ4v) is 4.41. The molecule has 0 fully saturated rings. The second-order valence-corrected chi connectivity index (χ2v) is 9.21. The number of imidazole rings is 1. The molecule has 2 aromatic carbocycles. The van der Waals surface area contributed by atoms with Crippen LogP contribution in [0.25, 0.3) is 16.6 Å². The number of thioether (sulfide) groups is 1. The van der Waals surface area contributed by atoms with Crippen LogP contribution in [0.5, 0.6) is 0 Å². The van der Waals surface area contributed by atoms with Gasteiger partial charge in [-0.2, -0.15) is 0 Å². The molecule has 0 bridgehead atoms. The molecule has 1 aromatic heterocycles. The van der Waals surface area contributed by atoms with Crippen LogP contribution < -0.4 is 5.73 Å². The van der Waals surface area contributed by atoms with Crippen molar-refractivity contribution in [2.24, 2.45) is 0 Å². The van der Waals surface area contributed by atoms with E-state index < -0.39 is 15.3 Å². The quantitative estimate of drug-likeness (QED) is 0.717. The first-order chi connectivity index (χ1) is 12.4. The summed E-state index contributed by atoms with van der Waals surface area (Å²) >= 11 is 1.60. The van der Waals surface area contributed by atoms with Gasteiger partial charge in [0, 0.05) is 0 Å². The lowest BCUT2D eigenvalue weighted by Crippen LogP contribution is -2.23. The Hall–Kier alpha value is -2.25. The Morgan fingerprint density at radius 2 is 1.85 bits per heavy atom. The number of benzene rings is 2. The third kappa shape index (κ3) is 3.24. The van der Waals surface area contributed by atoms with Gasteiger partial charge in [-0.15, -0.1) is 11.8 Å². The van der Waals surface area contributed by atoms with E-state index in [4.69, 9.17) is 5.73 Å². The molecule has 5 nitrogen and oxygen atoms in total. The Balaban J connectivity index is 2.25. The van der Waals surface area contributed by atoms with Crippen molar-refractivity contribution < 1.29 is 8.42 Å². The van der Waals surface area contributed by atoms with Crippen molar-refractivity contribution in [2.75, 3.05) is 12.0 Å². The van der Waals surface area contributed by atoms with Crippen LogP contribution in [0, 0.1) is 0 Å². The Morgan fingerprint density at radius 1 is 1.15 bits per heavy atom. The van der Waals surface area contributed by atoms with E-state index in [1.54, 1.807) is 25.6 Å². The van der Waals surface area contributed by atoms with E-state index in [0.717, 1.165) is 20.7 Å². The molecule has 136 valence electrons. The van der Waals surface area contributed by atoms with Gasteiger partial charge >= 0.3 is 0 Å². The van der Waals surface area contributed by atoms with Crippen LogP contribution in [0.3, 0.4) is 0 Å². The van der Waals surface area contributed by atoms with E-state index >= 15 is 0 Å². The summed E-state index contributed by atoms with van der Waals surface area (Å²) in [5.74, 6) is -0.0130. The summed E-state index contributed by atoms with van der Waals surface area (Å²) in [5.41, 5.74) is 9.98. The summed E-state index contributed by atoms with van der Waals surface area (Å²) in [6, 6.07) is 15.6. The topological polar surface area (TPSA) is 78.0 Å². The van der Waals surface area contributed by atoms with E-state index in [9.17, 15) is 8.42 Å². The largest absolute Gasteiger partial charge is 0.368 e. The molecule has 0 amide bonds. The zero-order valence-electron chi connectivity index (χ0n) is 14.9. The van der Waals surface area contributed by atoms with Crippen molar-refractivity contribution in [1.82, 2.24) is 8.96 Å². The zero-order chi connectivity index (χ0) is 18.9. The lowest BCUT2D eigenvalue weighted by atomic mass is 9.99. The summed E-state index contributed by atoms with van der Waals surface area (Å²) in [6.07, 6.45) is 1.99. The lowest BCUT2D eigenvalue weighted by molar-refractivity contribution is 0.580. The van der Waals surface area contributed by atoms with Crippen molar-refractivity contribution in [3.63, 3.8) is 0 Å². The first-order valence-electron chi connectivity index (χ1n) is 8.17. The Morgan fingerprint density at radius 3 is 2.46 bits per heavy atom. The summed E-state index contributed by atoms with van der Waals surface area (Å²) in [6.45, 7) is 3.26. The maximum atomic E-state index is 12.7. The van der Waals surface area contributed by atoms with Crippen molar-refractivity contribution in [1.29, 1.82) is 0 Å². The average molecular weight is 388 g/mol. The second-order valence-electron chi connectivity index (χ2n) is 6.16. The minimum atomic E-state index is -3.61. The Labute approximate surface area is 158 Å². The first-order valence-corrected chi connectivity index (χ1v) is 11.0. The van der Waals surface area contributed by atoms with Gasteiger partial charge in [-0.25, -0.2) is 17.4 Å². The third-order valence-electron chi connectivity index (χ3n) is 4.12. The van der Waals surface area contributed by atoms with Gasteiger partial charge in [0.2, 0.25) is 16.0 Å². The van der Waals surface area contributed by atoms with Gasteiger partial charge in [-0.1, -0.05) is 36.4 Å². The van der Waals surface area contributed by atoms with E-state index in [1.807, 2.05) is 54.8 Å². The van der Waals surface area contributed by atoms with Crippen molar-refractivity contribution in [3.05, 3.63) is 65.1 Å². The molecule has 0 aliphatic rings. The molecular formula is C19H21N3O2S2. The fourth-order valence-electron chi connectivity index (χ4n) is 2.76. The molecule has 0 saturated carbocycles. The molecule has 0 unspecified atom stereocenters. The molecule has 7 heteroatoms. The molecule has 0 aliphatic carbocycles. The van der Waals surface area contributed by atoms with Crippen LogP contribution in [0.1, 0.15) is 25.0 Å². The highest BCUT2D eigenvalue weighted by molar-refractivity contribution is 8.01. The lowest BCUT2D eigenvalue weighted by Gasteiger charge is -2.12. The maximum absolute atomic E-state index is 12.7. The molecule has 0 saturated heterocycles. The Kier molecular flexibility index (Phi) is 5.11. The highest BCUT2D eigenvalue weighted by Crippen LogP contribution is 2.30. The SMILES string of the molecule is CS/C=C(\c1ccccc1)c1ccc2nc(N)n(S(=O)(=O)C(C)C)c2c1. The van der Waals surface area contributed by atoms with Gasteiger partial charge < -0.3 is 5.73 Å². The first kappa shape index (κ1) is 18.5. The minimum absolute atomic E-state index is 0.0130. The van der Waals surface area contributed by atoms with Gasteiger partial charge in [0.25, 0.3) is 0 Å². The van der Waals surface area contributed by atoms with Crippen molar-refractivity contribution >= 4 is 44.3 Å². The average Bonchev–Trinajstić information content (AvgIpc) is 2.95. The van der Waals surface area contributed by atoms with Crippen LogP contribution in [0.15, 0.2) is 53.9 Å². The molecule has 3 rings (SSSR count). The van der Waals surface area contributed by atoms with Crippen molar-refractivity contribution in [3.8, 4) is 0 Å². The van der Waals surface area contributed by atoms with Crippen LogP contribution in [-0.4, -0.2) is 28.9 Å². The highest BCUT2D eigenvalue weighted by Gasteiger charge is 2.24. The van der Waals surface area contributed by atoms with E-state index in [-0.39, 0.29) is 5.95 Å². The maximum Gasteiger partial charge on any atom is 0.244 e. The normalized spacial score (nSPS) is 12.8. The molecular weight excluding hydrogens is 366 g/mol. The molecule has 0 aliphatic heterocycles. The number of nitrogen functional groups attached to an aromatic ring is 1. The summed E-state index contributed by atoms with van der Waals surface area (Å²) in [4.78, 5) is 4.22. The predicted octanol–water partition coefficient (Wildman–Crippen LogP) is 3.96. The van der Waals surface area contributed by atoms with E-state index in [0.29, 0.717) is 11.0 Å². The molecule has 0 radical (unpaired) electrons. The van der Waals surface area contributed by atoms with Gasteiger partial charge in [0.1, 0.15) is 0 Å². The number of nitrogens with two attached hydrogens (primary N) is 1. The number of fused-ring (bicyclic) bond motifs is 1. The molecule has 0 spiro atoms. The number of anilines is 1. The van der Waals surface area contributed by atoms with Gasteiger partial charge in [0.15, 0.2) is 0 Å². The number of aromatic nitrogens is 2. The second kappa shape index (κ2) is 7.17. The smallest absolute Gasteiger partial charge is 0.244 e. The van der Waals surface area contributed by atoms with Crippen LogP contribution in [0.4, 0.5) is 5.95 Å². The van der Waals surface area contributed by atoms with Crippen LogP contribution in [-0.2, 0) is 10.0 Å². The van der Waals surface area contributed by atoms with Crippen molar-refractivity contribution in [2.45, 2.75) is 19.1 Å². The number of rotatable bonds is 5. The van der Waals surface area contributed by atoms with Gasteiger partial charge in [-0.3, -0.25) is 0 Å². The molecule has 0 atom stereocenters. The van der Waals surface area contributed by atoms with Gasteiger partial charge in [0.05, 0.1) is 16.3 Å². The third-order valence-corrected chi connectivity index (χ3v) is 6.67. The summed E-state index contributed by atoms with van der Waals surface area (Å²) < 4.78 is 26.6. The predicted molar refractivity (Wildman–Crippen MR) is 111 cm³/mol. The molecule has 2 N–H and O–H groups in total.